The third-order valence-corrected chi connectivity index (χ3v) is 5.03. The van der Waals surface area contributed by atoms with Gasteiger partial charge in [0.15, 0.2) is 0 Å². The highest BCUT2D eigenvalue weighted by Gasteiger charge is 2.29. The lowest BCUT2D eigenvalue weighted by molar-refractivity contribution is 0.0287. The first-order chi connectivity index (χ1) is 11.3. The van der Waals surface area contributed by atoms with E-state index < -0.39 is 5.60 Å². The predicted octanol–water partition coefficient (Wildman–Crippen LogP) is 5.17. The van der Waals surface area contributed by atoms with Crippen LogP contribution in [0.4, 0.5) is 4.79 Å². The van der Waals surface area contributed by atoms with Gasteiger partial charge in [-0.25, -0.2) is 4.79 Å². The second kappa shape index (κ2) is 8.24. The molecule has 0 aromatic heterocycles. The molecule has 0 spiro atoms. The van der Waals surface area contributed by atoms with Crippen molar-refractivity contribution >= 4 is 22.0 Å². The lowest BCUT2D eigenvalue weighted by Gasteiger charge is -2.24. The van der Waals surface area contributed by atoms with E-state index in [-0.39, 0.29) is 6.09 Å². The fraction of sp³-hybridized carbons (Fsp3) is 0.632. The molecule has 2 rings (SSSR count). The van der Waals surface area contributed by atoms with Gasteiger partial charge in [0.25, 0.3) is 0 Å². The molecule has 5 heteroatoms. The molecule has 1 atom stereocenters. The van der Waals surface area contributed by atoms with Gasteiger partial charge >= 0.3 is 6.09 Å². The minimum absolute atomic E-state index is 0.189. The Kier molecular flexibility index (Phi) is 6.55. The molecule has 0 unspecified atom stereocenters. The molecule has 1 aromatic rings. The summed E-state index contributed by atoms with van der Waals surface area (Å²) in [6.45, 7) is 10.1. The van der Waals surface area contributed by atoms with Crippen LogP contribution in [0, 0.1) is 12.8 Å². The standard InChI is InChI=1S/C19H28BrNO3/c1-14-16(20)8-5-9-17(14)23-12-6-7-15-10-11-21(13-15)18(22)24-19(2,3)4/h5,8-9,15H,6-7,10-13H2,1-4H3/t15-/m1/s1. The van der Waals surface area contributed by atoms with Crippen LogP contribution in [-0.4, -0.2) is 36.3 Å². The third kappa shape index (κ3) is 5.69. The highest BCUT2D eigenvalue weighted by atomic mass is 79.9. The van der Waals surface area contributed by atoms with Crippen molar-refractivity contribution in [1.29, 1.82) is 0 Å². The van der Waals surface area contributed by atoms with Crippen LogP contribution in [0.25, 0.3) is 0 Å². The van der Waals surface area contributed by atoms with Crippen molar-refractivity contribution in [3.63, 3.8) is 0 Å². The third-order valence-electron chi connectivity index (χ3n) is 4.17. The second-order valence-electron chi connectivity index (χ2n) is 7.43. The fourth-order valence-corrected chi connectivity index (χ4v) is 3.21. The van der Waals surface area contributed by atoms with E-state index in [1.165, 1.54) is 0 Å². The van der Waals surface area contributed by atoms with Crippen LogP contribution in [0.1, 0.15) is 45.6 Å². The Balaban J connectivity index is 1.69. The minimum atomic E-state index is -0.426. The van der Waals surface area contributed by atoms with E-state index in [2.05, 4.69) is 22.9 Å². The van der Waals surface area contributed by atoms with Gasteiger partial charge in [-0.15, -0.1) is 0 Å². The van der Waals surface area contributed by atoms with Gasteiger partial charge in [0, 0.05) is 23.1 Å². The smallest absolute Gasteiger partial charge is 0.410 e. The molecular weight excluding hydrogens is 370 g/mol. The molecule has 1 aliphatic heterocycles. The maximum absolute atomic E-state index is 12.1. The molecule has 0 saturated carbocycles. The van der Waals surface area contributed by atoms with E-state index in [9.17, 15) is 4.79 Å². The van der Waals surface area contributed by atoms with Crippen molar-refractivity contribution in [2.45, 2.75) is 52.6 Å². The van der Waals surface area contributed by atoms with Crippen LogP contribution < -0.4 is 4.74 Å². The Morgan fingerprint density at radius 3 is 2.83 bits per heavy atom. The number of carbonyl (C=O) groups excluding carboxylic acids is 1. The molecule has 1 amide bonds. The van der Waals surface area contributed by atoms with Crippen molar-refractivity contribution < 1.29 is 14.3 Å². The van der Waals surface area contributed by atoms with Gasteiger partial charge < -0.3 is 14.4 Å². The van der Waals surface area contributed by atoms with Crippen LogP contribution in [0.15, 0.2) is 22.7 Å². The average Bonchev–Trinajstić information content (AvgIpc) is 2.95. The van der Waals surface area contributed by atoms with Crippen molar-refractivity contribution in [2.75, 3.05) is 19.7 Å². The summed E-state index contributed by atoms with van der Waals surface area (Å²) in [5, 5.41) is 0. The molecule has 4 nitrogen and oxygen atoms in total. The van der Waals surface area contributed by atoms with Gasteiger partial charge in [0.1, 0.15) is 11.4 Å². The first kappa shape index (κ1) is 19.1. The van der Waals surface area contributed by atoms with Crippen LogP contribution in [0.2, 0.25) is 0 Å². The first-order valence-corrected chi connectivity index (χ1v) is 9.41. The highest BCUT2D eigenvalue weighted by Crippen LogP contribution is 2.26. The Morgan fingerprint density at radius 2 is 2.12 bits per heavy atom. The zero-order valence-corrected chi connectivity index (χ0v) is 16.7. The number of nitrogens with zero attached hydrogens (tertiary/aromatic N) is 1. The molecule has 0 bridgehead atoms. The molecule has 1 aliphatic rings. The van der Waals surface area contributed by atoms with Crippen LogP contribution in [0.5, 0.6) is 5.75 Å². The quantitative estimate of drug-likeness (QED) is 0.642. The van der Waals surface area contributed by atoms with Crippen molar-refractivity contribution in [2.24, 2.45) is 5.92 Å². The normalized spacial score (nSPS) is 17.9. The number of benzene rings is 1. The van der Waals surface area contributed by atoms with Gasteiger partial charge in [-0.1, -0.05) is 22.0 Å². The molecule has 0 radical (unpaired) electrons. The van der Waals surface area contributed by atoms with E-state index in [4.69, 9.17) is 9.47 Å². The van der Waals surface area contributed by atoms with Gasteiger partial charge in [-0.3, -0.25) is 0 Å². The predicted molar refractivity (Wildman–Crippen MR) is 99.5 cm³/mol. The lowest BCUT2D eigenvalue weighted by Crippen LogP contribution is -2.35. The SMILES string of the molecule is Cc1c(Br)cccc1OCCC[C@@H]1CCN(C(=O)OC(C)(C)C)C1. The van der Waals surface area contributed by atoms with Crippen molar-refractivity contribution in [3.05, 3.63) is 28.2 Å². The molecule has 134 valence electrons. The van der Waals surface area contributed by atoms with E-state index in [0.717, 1.165) is 48.1 Å². The molecule has 24 heavy (non-hydrogen) atoms. The number of rotatable bonds is 5. The van der Waals surface area contributed by atoms with Gasteiger partial charge in [0.05, 0.1) is 6.61 Å². The molecule has 0 N–H and O–H groups in total. The van der Waals surface area contributed by atoms with Gasteiger partial charge in [0.2, 0.25) is 0 Å². The molecule has 1 heterocycles. The Hall–Kier alpha value is -1.23. The lowest BCUT2D eigenvalue weighted by atomic mass is 10.0. The zero-order chi connectivity index (χ0) is 17.7. The first-order valence-electron chi connectivity index (χ1n) is 8.62. The van der Waals surface area contributed by atoms with Gasteiger partial charge in [-0.2, -0.15) is 0 Å². The summed E-state index contributed by atoms with van der Waals surface area (Å²) in [7, 11) is 0. The maximum Gasteiger partial charge on any atom is 0.410 e. The van der Waals surface area contributed by atoms with E-state index in [1.54, 1.807) is 0 Å². The molecule has 1 aromatic carbocycles. The van der Waals surface area contributed by atoms with E-state index >= 15 is 0 Å². The average molecular weight is 398 g/mol. The van der Waals surface area contributed by atoms with E-state index in [1.807, 2.05) is 43.9 Å². The summed E-state index contributed by atoms with van der Waals surface area (Å²) >= 11 is 3.52. The summed E-state index contributed by atoms with van der Waals surface area (Å²) in [6.07, 6.45) is 2.94. The number of likely N-dealkylation sites (tertiary alicyclic amines) is 1. The number of ether oxygens (including phenoxy) is 2. The molecule has 1 saturated heterocycles. The second-order valence-corrected chi connectivity index (χ2v) is 8.29. The minimum Gasteiger partial charge on any atom is -0.493 e. The Labute approximate surface area is 153 Å². The Morgan fingerprint density at radius 1 is 1.38 bits per heavy atom. The summed E-state index contributed by atoms with van der Waals surface area (Å²) in [6, 6.07) is 6.01. The van der Waals surface area contributed by atoms with Crippen LogP contribution >= 0.6 is 15.9 Å². The number of carbonyl (C=O) groups is 1. The summed E-state index contributed by atoms with van der Waals surface area (Å²) < 4.78 is 12.4. The van der Waals surface area contributed by atoms with Crippen molar-refractivity contribution in [1.82, 2.24) is 4.90 Å². The summed E-state index contributed by atoms with van der Waals surface area (Å²) in [5.41, 5.74) is 0.708. The molecule has 1 fully saturated rings. The Bertz CT molecular complexity index is 568. The monoisotopic (exact) mass is 397 g/mol. The zero-order valence-electron chi connectivity index (χ0n) is 15.1. The van der Waals surface area contributed by atoms with Crippen LogP contribution in [-0.2, 0) is 4.74 Å². The highest BCUT2D eigenvalue weighted by molar-refractivity contribution is 9.10. The molecular formula is C19H28BrNO3. The largest absolute Gasteiger partial charge is 0.493 e. The summed E-state index contributed by atoms with van der Waals surface area (Å²) in [4.78, 5) is 13.9. The summed E-state index contributed by atoms with van der Waals surface area (Å²) in [5.74, 6) is 1.48. The molecule has 0 aliphatic carbocycles. The number of hydrogen-bond donors (Lipinski definition) is 0. The fourth-order valence-electron chi connectivity index (χ4n) is 2.86. The number of halogens is 1. The topological polar surface area (TPSA) is 38.8 Å². The number of hydrogen-bond acceptors (Lipinski definition) is 3. The van der Waals surface area contributed by atoms with Gasteiger partial charge in [-0.05, 0) is 65.0 Å². The van der Waals surface area contributed by atoms with Crippen molar-refractivity contribution in [3.8, 4) is 5.75 Å². The maximum atomic E-state index is 12.1. The van der Waals surface area contributed by atoms with Crippen LogP contribution in [0.3, 0.4) is 0 Å². The van der Waals surface area contributed by atoms with E-state index in [0.29, 0.717) is 12.5 Å². The number of amides is 1.